The van der Waals surface area contributed by atoms with Crippen LogP contribution in [-0.2, 0) is 5.75 Å². The molecule has 3 aromatic rings. The Morgan fingerprint density at radius 1 is 1.24 bits per heavy atom. The molecule has 7 heteroatoms. The van der Waals surface area contributed by atoms with Gasteiger partial charge in [0.25, 0.3) is 5.91 Å². The summed E-state index contributed by atoms with van der Waals surface area (Å²) in [7, 11) is 0. The van der Waals surface area contributed by atoms with Crippen molar-refractivity contribution < 1.29 is 13.6 Å². The molecule has 2 heterocycles. The van der Waals surface area contributed by atoms with E-state index in [4.69, 9.17) is 10.2 Å². The average molecular weight is 435 g/mol. The molecule has 154 valence electrons. The lowest BCUT2D eigenvalue weighted by Gasteiger charge is -2.20. The van der Waals surface area contributed by atoms with Crippen molar-refractivity contribution in [2.75, 3.05) is 13.1 Å². The van der Waals surface area contributed by atoms with Crippen molar-refractivity contribution in [2.24, 2.45) is 11.7 Å². The van der Waals surface area contributed by atoms with E-state index >= 15 is 0 Å². The fourth-order valence-corrected chi connectivity index (χ4v) is 4.75. The van der Waals surface area contributed by atoms with Gasteiger partial charge in [-0.2, -0.15) is 0 Å². The topological polar surface area (TPSA) is 59.5 Å². The largest absolute Gasteiger partial charge is 0.451 e. The van der Waals surface area contributed by atoms with Crippen LogP contribution in [0.5, 0.6) is 0 Å². The van der Waals surface area contributed by atoms with Crippen LogP contribution in [0.25, 0.3) is 11.0 Å². The predicted molar refractivity (Wildman–Crippen MR) is 117 cm³/mol. The Labute approximate surface area is 180 Å². The Balaban J connectivity index is 0.00000240. The molecule has 0 spiro atoms. The number of halogens is 2. The molecule has 0 radical (unpaired) electrons. The van der Waals surface area contributed by atoms with Crippen molar-refractivity contribution in [1.29, 1.82) is 0 Å². The van der Waals surface area contributed by atoms with Crippen LogP contribution in [0.3, 0.4) is 0 Å². The van der Waals surface area contributed by atoms with Crippen LogP contribution in [0.15, 0.2) is 57.8 Å². The molecule has 1 aliphatic heterocycles. The Bertz CT molecular complexity index is 992. The van der Waals surface area contributed by atoms with E-state index in [0.29, 0.717) is 36.1 Å². The predicted octanol–water partition coefficient (Wildman–Crippen LogP) is 5.10. The van der Waals surface area contributed by atoms with Gasteiger partial charge in [-0.1, -0.05) is 18.2 Å². The van der Waals surface area contributed by atoms with Gasteiger partial charge in [-0.3, -0.25) is 4.79 Å². The summed E-state index contributed by atoms with van der Waals surface area (Å²) < 4.78 is 19.2. The van der Waals surface area contributed by atoms with E-state index in [9.17, 15) is 9.18 Å². The summed E-state index contributed by atoms with van der Waals surface area (Å²) in [5.74, 6) is 0.980. The average Bonchev–Trinajstić information content (AvgIpc) is 3.27. The summed E-state index contributed by atoms with van der Waals surface area (Å²) in [5, 5.41) is 0.947. The van der Waals surface area contributed by atoms with Gasteiger partial charge in [0.2, 0.25) is 0 Å². The maximum Gasteiger partial charge on any atom is 0.290 e. The number of nitrogens with two attached hydrogens (primary N) is 1. The van der Waals surface area contributed by atoms with Gasteiger partial charge in [0.05, 0.1) is 0 Å². The Morgan fingerprint density at radius 3 is 2.66 bits per heavy atom. The highest BCUT2D eigenvalue weighted by Gasteiger charge is 2.35. The first-order valence-corrected chi connectivity index (χ1v) is 10.4. The van der Waals surface area contributed by atoms with E-state index < -0.39 is 0 Å². The van der Waals surface area contributed by atoms with Gasteiger partial charge in [-0.05, 0) is 56.1 Å². The molecular weight excluding hydrogens is 411 g/mol. The minimum absolute atomic E-state index is 0. The van der Waals surface area contributed by atoms with Crippen LogP contribution in [0.1, 0.15) is 29.5 Å². The highest BCUT2D eigenvalue weighted by Crippen LogP contribution is 2.34. The van der Waals surface area contributed by atoms with Crippen molar-refractivity contribution in [3.8, 4) is 0 Å². The number of hydrogen-bond acceptors (Lipinski definition) is 4. The number of fused-ring (bicyclic) bond motifs is 1. The van der Waals surface area contributed by atoms with Crippen molar-refractivity contribution in [1.82, 2.24) is 4.90 Å². The Hall–Kier alpha value is -2.02. The zero-order valence-corrected chi connectivity index (χ0v) is 17.8. The number of carbonyl (C=O) groups is 1. The van der Waals surface area contributed by atoms with Crippen molar-refractivity contribution >= 4 is 41.0 Å². The Kier molecular flexibility index (Phi) is 6.88. The smallest absolute Gasteiger partial charge is 0.290 e. The second kappa shape index (κ2) is 9.20. The van der Waals surface area contributed by atoms with Crippen molar-refractivity contribution in [3.63, 3.8) is 0 Å². The van der Waals surface area contributed by atoms with Gasteiger partial charge in [-0.15, -0.1) is 24.2 Å². The maximum absolute atomic E-state index is 13.3. The van der Waals surface area contributed by atoms with Crippen LogP contribution in [0.2, 0.25) is 0 Å². The van der Waals surface area contributed by atoms with Crippen LogP contribution in [0, 0.1) is 11.7 Å². The second-order valence-electron chi connectivity index (χ2n) is 7.29. The molecule has 4 nitrogen and oxygen atoms in total. The molecule has 2 aromatic carbocycles. The van der Waals surface area contributed by atoms with Gasteiger partial charge in [0, 0.05) is 34.2 Å². The number of likely N-dealkylation sites (tertiary alicyclic amines) is 1. The number of nitrogens with zero attached hydrogens (tertiary/aromatic N) is 1. The molecule has 1 fully saturated rings. The van der Waals surface area contributed by atoms with E-state index in [1.807, 2.05) is 29.2 Å². The van der Waals surface area contributed by atoms with Crippen LogP contribution in [-0.4, -0.2) is 29.9 Å². The van der Waals surface area contributed by atoms with E-state index in [-0.39, 0.29) is 30.2 Å². The van der Waals surface area contributed by atoms with Crippen molar-refractivity contribution in [3.05, 3.63) is 65.7 Å². The summed E-state index contributed by atoms with van der Waals surface area (Å²) in [6.07, 6.45) is 0.919. The molecule has 29 heavy (non-hydrogen) atoms. The number of amides is 1. The quantitative estimate of drug-likeness (QED) is 0.568. The molecule has 1 amide bonds. The minimum Gasteiger partial charge on any atom is -0.451 e. The van der Waals surface area contributed by atoms with Gasteiger partial charge in [0.1, 0.15) is 11.4 Å². The van der Waals surface area contributed by atoms with Gasteiger partial charge < -0.3 is 15.1 Å². The van der Waals surface area contributed by atoms with E-state index in [2.05, 4.69) is 6.92 Å². The molecular formula is C22H24ClFN2O2S. The molecule has 0 bridgehead atoms. The Morgan fingerprint density at radius 2 is 1.97 bits per heavy atom. The zero-order chi connectivity index (χ0) is 19.7. The van der Waals surface area contributed by atoms with Crippen LogP contribution >= 0.6 is 24.2 Å². The number of hydrogen-bond donors (Lipinski definition) is 1. The SMILES string of the molecule is CC1CC(CN)CN1C(=O)c1oc2ccccc2c1CSc1ccc(F)cc1.Cl. The normalized spacial score (nSPS) is 18.8. The van der Waals surface area contributed by atoms with Crippen LogP contribution < -0.4 is 5.73 Å². The standard InChI is InChI=1S/C22H23FN2O2S.ClH/c1-14-10-15(11-24)12-25(14)22(26)21-19(18-4-2-3-5-20(18)27-21)13-28-17-8-6-16(23)7-9-17;/h2-9,14-15H,10-13,24H2,1H3;1H. The zero-order valence-electron chi connectivity index (χ0n) is 16.1. The van der Waals surface area contributed by atoms with Crippen LogP contribution in [0.4, 0.5) is 4.39 Å². The summed E-state index contributed by atoms with van der Waals surface area (Å²) in [6.45, 7) is 3.31. The monoisotopic (exact) mass is 434 g/mol. The fourth-order valence-electron chi connectivity index (χ4n) is 3.83. The lowest BCUT2D eigenvalue weighted by atomic mass is 10.1. The fraction of sp³-hybridized carbons (Fsp3) is 0.318. The third-order valence-electron chi connectivity index (χ3n) is 5.34. The van der Waals surface area contributed by atoms with E-state index in [1.165, 1.54) is 12.1 Å². The summed E-state index contributed by atoms with van der Waals surface area (Å²) in [5.41, 5.74) is 7.42. The highest BCUT2D eigenvalue weighted by atomic mass is 35.5. The molecule has 2 N–H and O–H groups in total. The third-order valence-corrected chi connectivity index (χ3v) is 6.38. The first-order valence-electron chi connectivity index (χ1n) is 9.46. The lowest BCUT2D eigenvalue weighted by molar-refractivity contribution is 0.0712. The number of para-hydroxylation sites is 1. The van der Waals surface area contributed by atoms with E-state index in [1.54, 1.807) is 23.9 Å². The number of benzene rings is 2. The molecule has 2 atom stereocenters. The molecule has 0 aliphatic carbocycles. The number of furan rings is 1. The molecule has 2 unspecified atom stereocenters. The van der Waals surface area contributed by atoms with Gasteiger partial charge >= 0.3 is 0 Å². The lowest BCUT2D eigenvalue weighted by Crippen LogP contribution is -2.34. The molecule has 4 rings (SSSR count). The molecule has 1 saturated heterocycles. The number of thioether (sulfide) groups is 1. The summed E-state index contributed by atoms with van der Waals surface area (Å²) in [6, 6.07) is 14.2. The number of rotatable bonds is 5. The molecule has 0 saturated carbocycles. The number of carbonyl (C=O) groups excluding carboxylic acids is 1. The first kappa shape index (κ1) is 21.7. The highest BCUT2D eigenvalue weighted by molar-refractivity contribution is 7.98. The summed E-state index contributed by atoms with van der Waals surface area (Å²) >= 11 is 1.56. The molecule has 1 aliphatic rings. The third kappa shape index (κ3) is 4.44. The maximum atomic E-state index is 13.3. The second-order valence-corrected chi connectivity index (χ2v) is 8.34. The summed E-state index contributed by atoms with van der Waals surface area (Å²) in [4.78, 5) is 16.1. The molecule has 1 aromatic heterocycles. The minimum atomic E-state index is -0.258. The van der Waals surface area contributed by atoms with Gasteiger partial charge in [0.15, 0.2) is 5.76 Å². The van der Waals surface area contributed by atoms with E-state index in [0.717, 1.165) is 22.3 Å². The first-order chi connectivity index (χ1) is 13.6. The van der Waals surface area contributed by atoms with Crippen molar-refractivity contribution in [2.45, 2.75) is 30.0 Å². The van der Waals surface area contributed by atoms with Gasteiger partial charge in [-0.25, -0.2) is 4.39 Å².